The molecule has 2 aliphatic rings. The molecule has 0 radical (unpaired) electrons. The van der Waals surface area contributed by atoms with Gasteiger partial charge in [0.05, 0.1) is 11.5 Å². The summed E-state index contributed by atoms with van der Waals surface area (Å²) in [7, 11) is 0. The van der Waals surface area contributed by atoms with Gasteiger partial charge in [0, 0.05) is 5.92 Å². The minimum Gasteiger partial charge on any atom is -0.198 e. The maximum atomic E-state index is 8.94. The maximum Gasteiger partial charge on any atom is 0.0710 e. The highest BCUT2D eigenvalue weighted by atomic mass is 14.5. The summed E-state index contributed by atoms with van der Waals surface area (Å²) < 4.78 is 0. The van der Waals surface area contributed by atoms with Crippen molar-refractivity contribution in [2.75, 3.05) is 0 Å². The fourth-order valence-electron chi connectivity index (χ4n) is 6.42. The Hall–Kier alpha value is -4.67. The van der Waals surface area contributed by atoms with Crippen LogP contribution in [0.5, 0.6) is 0 Å². The van der Waals surface area contributed by atoms with E-state index in [0.717, 1.165) is 30.4 Å². The largest absolute Gasteiger partial charge is 0.198 e. The smallest absolute Gasteiger partial charge is 0.0710 e. The average Bonchev–Trinajstić information content (AvgIpc) is 3.30. The van der Waals surface area contributed by atoms with E-state index in [-0.39, 0.29) is 5.92 Å². The lowest BCUT2D eigenvalue weighted by Crippen LogP contribution is -2.30. The zero-order chi connectivity index (χ0) is 27.5. The summed E-state index contributed by atoms with van der Waals surface area (Å²) >= 11 is 0. The number of aryl methyl sites for hydroxylation is 1. The molecule has 2 aliphatic carbocycles. The molecule has 0 N–H and O–H groups in total. The van der Waals surface area contributed by atoms with Gasteiger partial charge in [-0.3, -0.25) is 0 Å². The third-order valence-corrected chi connectivity index (χ3v) is 8.39. The number of nitriles is 1. The van der Waals surface area contributed by atoms with Crippen LogP contribution in [0.2, 0.25) is 0 Å². The zero-order valence-electron chi connectivity index (χ0n) is 23.0. The van der Waals surface area contributed by atoms with Crippen LogP contribution in [-0.4, -0.2) is 0 Å². The van der Waals surface area contributed by atoms with Crippen LogP contribution in [0.3, 0.4) is 0 Å². The molecular formula is C39H33N. The Bertz CT molecular complexity index is 1660. The number of benzene rings is 4. The molecule has 0 fully saturated rings. The SMILES string of the molecule is C=C1/C=C(/c2ccc(C=C/C=C\CC(C)C#N)cc2)CCc2ccccc2C12c1ccccc1-c1ccccc12. The molecule has 0 amide bonds. The van der Waals surface area contributed by atoms with Crippen molar-refractivity contribution in [2.45, 2.75) is 31.6 Å². The van der Waals surface area contributed by atoms with Gasteiger partial charge in [-0.1, -0.05) is 134 Å². The van der Waals surface area contributed by atoms with Crippen LogP contribution in [0.1, 0.15) is 53.1 Å². The Labute approximate surface area is 238 Å². The summed E-state index contributed by atoms with van der Waals surface area (Å²) in [4.78, 5) is 0. The number of rotatable bonds is 5. The van der Waals surface area contributed by atoms with Crippen LogP contribution in [-0.2, 0) is 11.8 Å². The summed E-state index contributed by atoms with van der Waals surface area (Å²) in [6, 6.07) is 37.8. The first-order valence-corrected chi connectivity index (χ1v) is 14.1. The number of hydrogen-bond donors (Lipinski definition) is 0. The highest BCUT2D eigenvalue weighted by Crippen LogP contribution is 2.57. The molecule has 0 heterocycles. The Balaban J connectivity index is 1.40. The van der Waals surface area contributed by atoms with Crippen molar-refractivity contribution in [1.29, 1.82) is 5.26 Å². The van der Waals surface area contributed by atoms with Gasteiger partial charge in [-0.15, -0.1) is 0 Å². The average molecular weight is 516 g/mol. The second kappa shape index (κ2) is 10.8. The molecular weight excluding hydrogens is 482 g/mol. The van der Waals surface area contributed by atoms with E-state index in [4.69, 9.17) is 11.8 Å². The maximum absolute atomic E-state index is 8.94. The van der Waals surface area contributed by atoms with E-state index in [9.17, 15) is 0 Å². The first kappa shape index (κ1) is 25.6. The van der Waals surface area contributed by atoms with E-state index < -0.39 is 5.41 Å². The fourth-order valence-corrected chi connectivity index (χ4v) is 6.42. The normalized spacial score (nSPS) is 17.4. The molecule has 6 rings (SSSR count). The number of nitrogens with zero attached hydrogens (tertiary/aromatic N) is 1. The van der Waals surface area contributed by atoms with Gasteiger partial charge in [-0.2, -0.15) is 5.26 Å². The Morgan fingerprint density at radius 3 is 2.10 bits per heavy atom. The molecule has 1 nitrogen and oxygen atoms in total. The molecule has 1 atom stereocenters. The number of allylic oxidation sites excluding steroid dienone is 6. The van der Waals surface area contributed by atoms with Gasteiger partial charge >= 0.3 is 0 Å². The minimum absolute atomic E-state index is 0.0491. The highest BCUT2D eigenvalue weighted by molar-refractivity contribution is 5.88. The number of hydrogen-bond acceptors (Lipinski definition) is 1. The van der Waals surface area contributed by atoms with Gasteiger partial charge in [0.25, 0.3) is 0 Å². The van der Waals surface area contributed by atoms with E-state index in [2.05, 4.69) is 121 Å². The number of fused-ring (bicyclic) bond motifs is 7. The van der Waals surface area contributed by atoms with E-state index >= 15 is 0 Å². The summed E-state index contributed by atoms with van der Waals surface area (Å²) in [5.41, 5.74) is 12.4. The molecule has 0 saturated carbocycles. The van der Waals surface area contributed by atoms with Gasteiger partial charge in [-0.25, -0.2) is 0 Å². The van der Waals surface area contributed by atoms with Crippen LogP contribution in [0.25, 0.3) is 22.8 Å². The predicted octanol–water partition coefficient (Wildman–Crippen LogP) is 9.71. The summed E-state index contributed by atoms with van der Waals surface area (Å²) in [6.07, 6.45) is 13.3. The second-order valence-corrected chi connectivity index (χ2v) is 10.9. The van der Waals surface area contributed by atoms with Gasteiger partial charge < -0.3 is 0 Å². The molecule has 0 saturated heterocycles. The third-order valence-electron chi connectivity index (χ3n) is 8.39. The molecule has 40 heavy (non-hydrogen) atoms. The summed E-state index contributed by atoms with van der Waals surface area (Å²) in [5, 5.41) is 8.94. The van der Waals surface area contributed by atoms with Crippen LogP contribution < -0.4 is 0 Å². The standard InChI is InChI=1S/C39H33N/c1-28(27-40)12-4-3-5-13-30-20-22-31(23-21-30)33-25-24-32-14-6-9-17-36(32)39(29(2)26-33)37-18-10-7-15-34(37)35-16-8-11-19-38(35)39/h3-11,13-23,26,28H,2,12,24-25H2,1H3/b4-3-,13-5?,33-26+. The lowest BCUT2D eigenvalue weighted by molar-refractivity contribution is 0.745. The van der Waals surface area contributed by atoms with Gasteiger partial charge in [0.2, 0.25) is 0 Å². The van der Waals surface area contributed by atoms with E-state index in [1.165, 1.54) is 44.5 Å². The Kier molecular flexibility index (Phi) is 6.93. The van der Waals surface area contributed by atoms with Crippen LogP contribution in [0, 0.1) is 17.2 Å². The first-order chi connectivity index (χ1) is 19.6. The van der Waals surface area contributed by atoms with Gasteiger partial charge in [0.15, 0.2) is 0 Å². The van der Waals surface area contributed by atoms with Crippen LogP contribution in [0.15, 0.2) is 134 Å². The Morgan fingerprint density at radius 2 is 1.43 bits per heavy atom. The molecule has 1 heteroatoms. The molecule has 0 aromatic heterocycles. The van der Waals surface area contributed by atoms with Crippen molar-refractivity contribution in [3.8, 4) is 17.2 Å². The zero-order valence-corrected chi connectivity index (χ0v) is 23.0. The van der Waals surface area contributed by atoms with Crippen molar-refractivity contribution < 1.29 is 0 Å². The topological polar surface area (TPSA) is 23.8 Å². The van der Waals surface area contributed by atoms with E-state index in [1.54, 1.807) is 0 Å². The van der Waals surface area contributed by atoms with Gasteiger partial charge in [-0.05, 0) is 81.8 Å². The van der Waals surface area contributed by atoms with Crippen molar-refractivity contribution in [1.82, 2.24) is 0 Å². The lowest BCUT2D eigenvalue weighted by Gasteiger charge is -2.37. The monoisotopic (exact) mass is 515 g/mol. The van der Waals surface area contributed by atoms with Gasteiger partial charge in [0.1, 0.15) is 0 Å². The molecule has 4 aromatic rings. The first-order valence-electron chi connectivity index (χ1n) is 14.1. The quantitative estimate of drug-likeness (QED) is 0.243. The van der Waals surface area contributed by atoms with Crippen molar-refractivity contribution >= 4 is 11.6 Å². The van der Waals surface area contributed by atoms with E-state index in [1.807, 2.05) is 19.1 Å². The fraction of sp³-hybridized carbons (Fsp3) is 0.154. The van der Waals surface area contributed by atoms with Crippen molar-refractivity contribution in [3.05, 3.63) is 167 Å². The predicted molar refractivity (Wildman–Crippen MR) is 168 cm³/mol. The van der Waals surface area contributed by atoms with Crippen LogP contribution >= 0.6 is 0 Å². The summed E-state index contributed by atoms with van der Waals surface area (Å²) in [6.45, 7) is 6.74. The van der Waals surface area contributed by atoms with Crippen molar-refractivity contribution in [3.63, 3.8) is 0 Å². The lowest BCUT2D eigenvalue weighted by atomic mass is 9.64. The molecule has 1 spiro atoms. The molecule has 4 aromatic carbocycles. The molecule has 0 aliphatic heterocycles. The van der Waals surface area contributed by atoms with E-state index in [0.29, 0.717) is 0 Å². The third kappa shape index (κ3) is 4.37. The summed E-state index contributed by atoms with van der Waals surface area (Å²) in [5.74, 6) is 0.0491. The van der Waals surface area contributed by atoms with Crippen LogP contribution in [0.4, 0.5) is 0 Å². The Morgan fingerprint density at radius 1 is 0.800 bits per heavy atom. The minimum atomic E-state index is -0.409. The molecule has 1 unspecified atom stereocenters. The highest BCUT2D eigenvalue weighted by Gasteiger charge is 2.47. The molecule has 0 bridgehead atoms. The second-order valence-electron chi connectivity index (χ2n) is 10.9. The van der Waals surface area contributed by atoms with Crippen molar-refractivity contribution in [2.24, 2.45) is 5.92 Å². The molecule has 194 valence electrons.